The summed E-state index contributed by atoms with van der Waals surface area (Å²) < 4.78 is 17.5. The summed E-state index contributed by atoms with van der Waals surface area (Å²) in [5.41, 5.74) is 1.39. The molecule has 0 aliphatic heterocycles. The molecule has 0 aromatic heterocycles. The summed E-state index contributed by atoms with van der Waals surface area (Å²) in [4.78, 5) is 23.6. The molecule has 1 amide bonds. The van der Waals surface area contributed by atoms with Crippen LogP contribution in [-0.4, -0.2) is 24.1 Å². The lowest BCUT2D eigenvalue weighted by Gasteiger charge is -2.11. The van der Waals surface area contributed by atoms with Crippen molar-refractivity contribution >= 4 is 41.0 Å². The Morgan fingerprint density at radius 1 is 1.12 bits per heavy atom. The molecular weight excluding hydrogens is 343 g/mol. The van der Waals surface area contributed by atoms with Crippen LogP contribution in [0.5, 0.6) is 0 Å². The van der Waals surface area contributed by atoms with Crippen molar-refractivity contribution in [2.45, 2.75) is 0 Å². The van der Waals surface area contributed by atoms with Crippen LogP contribution in [0.1, 0.15) is 15.9 Å². The van der Waals surface area contributed by atoms with Crippen LogP contribution in [0, 0.1) is 5.82 Å². The molecule has 0 aliphatic rings. The topological polar surface area (TPSA) is 67.4 Å². The van der Waals surface area contributed by atoms with Crippen molar-refractivity contribution in [1.82, 2.24) is 5.32 Å². The zero-order valence-electron chi connectivity index (χ0n) is 13.3. The fourth-order valence-electron chi connectivity index (χ4n) is 1.93. The van der Waals surface area contributed by atoms with E-state index < -0.39 is 11.9 Å². The third-order valence-corrected chi connectivity index (χ3v) is 3.32. The molecule has 0 spiro atoms. The molecule has 0 saturated carbocycles. The number of anilines is 1. The second kappa shape index (κ2) is 8.70. The van der Waals surface area contributed by atoms with Crippen LogP contribution in [0.2, 0.25) is 0 Å². The predicted molar refractivity (Wildman–Crippen MR) is 97.6 cm³/mol. The van der Waals surface area contributed by atoms with Crippen LogP contribution in [0.25, 0.3) is 6.08 Å². The largest absolute Gasteiger partial charge is 0.465 e. The van der Waals surface area contributed by atoms with E-state index >= 15 is 0 Å². The summed E-state index contributed by atoms with van der Waals surface area (Å²) in [7, 11) is 1.28. The molecule has 2 N–H and O–H groups in total. The Bertz CT molecular complexity index is 819. The molecule has 2 aromatic carbocycles. The number of benzene rings is 2. The highest BCUT2D eigenvalue weighted by molar-refractivity contribution is 7.80. The number of hydrogen-bond acceptors (Lipinski definition) is 4. The van der Waals surface area contributed by atoms with E-state index in [-0.39, 0.29) is 10.9 Å². The van der Waals surface area contributed by atoms with Gasteiger partial charge in [0, 0.05) is 6.08 Å². The molecule has 25 heavy (non-hydrogen) atoms. The van der Waals surface area contributed by atoms with Crippen LogP contribution in [0.15, 0.2) is 54.6 Å². The van der Waals surface area contributed by atoms with Crippen LogP contribution in [0.3, 0.4) is 0 Å². The molecule has 0 unspecified atom stereocenters. The summed E-state index contributed by atoms with van der Waals surface area (Å²) in [6, 6.07) is 12.3. The summed E-state index contributed by atoms with van der Waals surface area (Å²) in [5.74, 6) is -1.33. The van der Waals surface area contributed by atoms with E-state index in [2.05, 4.69) is 15.4 Å². The van der Waals surface area contributed by atoms with Crippen molar-refractivity contribution in [3.63, 3.8) is 0 Å². The fourth-order valence-corrected chi connectivity index (χ4v) is 2.14. The van der Waals surface area contributed by atoms with Gasteiger partial charge in [0.2, 0.25) is 5.91 Å². The van der Waals surface area contributed by atoms with Crippen molar-refractivity contribution in [1.29, 1.82) is 0 Å². The minimum atomic E-state index is -0.520. The Morgan fingerprint density at radius 2 is 1.80 bits per heavy atom. The fraction of sp³-hybridized carbons (Fsp3) is 0.0556. The highest BCUT2D eigenvalue weighted by Crippen LogP contribution is 2.15. The minimum absolute atomic E-state index is 0.0325. The van der Waals surface area contributed by atoms with Gasteiger partial charge in [-0.05, 0) is 48.1 Å². The molecule has 0 bridgehead atoms. The molecule has 128 valence electrons. The van der Waals surface area contributed by atoms with E-state index in [1.54, 1.807) is 36.4 Å². The molecule has 0 heterocycles. The van der Waals surface area contributed by atoms with E-state index in [1.807, 2.05) is 0 Å². The standard InChI is InChI=1S/C18H15FN2O3S/c1-24-17(23)14-4-2-3-5-15(14)20-18(25)21-16(22)11-8-12-6-9-13(19)10-7-12/h2-11H,1H3,(H2,20,21,22,25)/b11-8-. The molecule has 0 radical (unpaired) electrons. The molecule has 0 fully saturated rings. The van der Waals surface area contributed by atoms with E-state index in [0.717, 1.165) is 0 Å². The number of ether oxygens (including phenoxy) is 1. The number of thiocarbonyl (C=S) groups is 1. The van der Waals surface area contributed by atoms with Gasteiger partial charge < -0.3 is 10.1 Å². The van der Waals surface area contributed by atoms with Gasteiger partial charge >= 0.3 is 5.97 Å². The smallest absolute Gasteiger partial charge is 0.339 e. The Kier molecular flexibility index (Phi) is 6.36. The van der Waals surface area contributed by atoms with E-state index in [1.165, 1.54) is 31.4 Å². The quantitative estimate of drug-likeness (QED) is 0.499. The maximum Gasteiger partial charge on any atom is 0.339 e. The number of halogens is 1. The van der Waals surface area contributed by atoms with Crippen LogP contribution >= 0.6 is 12.2 Å². The van der Waals surface area contributed by atoms with Gasteiger partial charge in [-0.25, -0.2) is 9.18 Å². The normalized spacial score (nSPS) is 10.3. The van der Waals surface area contributed by atoms with Gasteiger partial charge in [-0.1, -0.05) is 24.3 Å². The van der Waals surface area contributed by atoms with Gasteiger partial charge in [0.15, 0.2) is 5.11 Å². The van der Waals surface area contributed by atoms with Crippen molar-refractivity contribution in [2.75, 3.05) is 12.4 Å². The highest BCUT2D eigenvalue weighted by Gasteiger charge is 2.12. The van der Waals surface area contributed by atoms with Gasteiger partial charge in [-0.3, -0.25) is 10.1 Å². The molecule has 7 heteroatoms. The molecule has 0 aliphatic carbocycles. The van der Waals surface area contributed by atoms with Crippen molar-refractivity contribution < 1.29 is 18.7 Å². The molecule has 5 nitrogen and oxygen atoms in total. The maximum absolute atomic E-state index is 12.8. The number of esters is 1. The number of carbonyl (C=O) groups excluding carboxylic acids is 2. The van der Waals surface area contributed by atoms with Gasteiger partial charge in [0.05, 0.1) is 18.4 Å². The second-order valence-corrected chi connectivity index (χ2v) is 5.27. The van der Waals surface area contributed by atoms with Gasteiger partial charge in [0.25, 0.3) is 0 Å². The first-order valence-electron chi connectivity index (χ1n) is 7.22. The third kappa shape index (κ3) is 5.50. The number of nitrogens with one attached hydrogen (secondary N) is 2. The first-order chi connectivity index (χ1) is 12.0. The van der Waals surface area contributed by atoms with E-state index in [4.69, 9.17) is 12.2 Å². The third-order valence-electron chi connectivity index (χ3n) is 3.11. The summed E-state index contributed by atoms with van der Waals surface area (Å²) in [6.45, 7) is 0. The zero-order valence-corrected chi connectivity index (χ0v) is 14.1. The lowest BCUT2D eigenvalue weighted by Crippen LogP contribution is -2.33. The van der Waals surface area contributed by atoms with E-state index in [0.29, 0.717) is 16.8 Å². The summed E-state index contributed by atoms with van der Waals surface area (Å²) >= 11 is 5.06. The number of para-hydroxylation sites is 1. The van der Waals surface area contributed by atoms with E-state index in [9.17, 15) is 14.0 Å². The Balaban J connectivity index is 1.97. The first kappa shape index (κ1) is 18.3. The van der Waals surface area contributed by atoms with Crippen LogP contribution in [-0.2, 0) is 9.53 Å². The zero-order chi connectivity index (χ0) is 18.2. The van der Waals surface area contributed by atoms with Crippen molar-refractivity contribution in [2.24, 2.45) is 0 Å². The molecular formula is C18H15FN2O3S. The Hall–Kier alpha value is -3.06. The number of carbonyl (C=O) groups is 2. The molecule has 0 atom stereocenters. The number of amides is 1. The SMILES string of the molecule is COC(=O)c1ccccc1NC(=S)NC(=O)/C=C\c1ccc(F)cc1. The van der Waals surface area contributed by atoms with Gasteiger partial charge in [0.1, 0.15) is 5.82 Å². The highest BCUT2D eigenvalue weighted by atomic mass is 32.1. The lowest BCUT2D eigenvalue weighted by molar-refractivity contribution is -0.115. The van der Waals surface area contributed by atoms with Crippen LogP contribution < -0.4 is 10.6 Å². The summed E-state index contributed by atoms with van der Waals surface area (Å²) in [5, 5.41) is 5.27. The predicted octanol–water partition coefficient (Wildman–Crippen LogP) is 3.14. The molecule has 2 aromatic rings. The number of rotatable bonds is 4. The summed E-state index contributed by atoms with van der Waals surface area (Å²) in [6.07, 6.45) is 2.80. The lowest BCUT2D eigenvalue weighted by atomic mass is 10.2. The minimum Gasteiger partial charge on any atom is -0.465 e. The van der Waals surface area contributed by atoms with Crippen molar-refractivity contribution in [3.05, 3.63) is 71.6 Å². The van der Waals surface area contributed by atoms with Crippen molar-refractivity contribution in [3.8, 4) is 0 Å². The van der Waals surface area contributed by atoms with Gasteiger partial charge in [-0.15, -0.1) is 0 Å². The molecule has 2 rings (SSSR count). The maximum atomic E-state index is 12.8. The average molecular weight is 358 g/mol. The Labute approximate surface area is 149 Å². The number of methoxy groups -OCH3 is 1. The molecule has 0 saturated heterocycles. The van der Waals surface area contributed by atoms with Gasteiger partial charge in [-0.2, -0.15) is 0 Å². The number of hydrogen-bond donors (Lipinski definition) is 2. The van der Waals surface area contributed by atoms with Crippen LogP contribution in [0.4, 0.5) is 10.1 Å². The monoisotopic (exact) mass is 358 g/mol. The Morgan fingerprint density at radius 3 is 2.48 bits per heavy atom. The average Bonchev–Trinajstić information content (AvgIpc) is 2.61. The second-order valence-electron chi connectivity index (χ2n) is 4.87. The first-order valence-corrected chi connectivity index (χ1v) is 7.63.